The van der Waals surface area contributed by atoms with Gasteiger partial charge in [0.15, 0.2) is 0 Å². The first kappa shape index (κ1) is 21.4. The van der Waals surface area contributed by atoms with Gasteiger partial charge in [0.25, 0.3) is 0 Å². The summed E-state index contributed by atoms with van der Waals surface area (Å²) >= 11 is 0. The van der Waals surface area contributed by atoms with E-state index < -0.39 is 0 Å². The van der Waals surface area contributed by atoms with E-state index in [1.807, 2.05) is 42.6 Å². The van der Waals surface area contributed by atoms with E-state index >= 15 is 0 Å². The summed E-state index contributed by atoms with van der Waals surface area (Å²) in [5, 5.41) is 12.5. The van der Waals surface area contributed by atoms with Gasteiger partial charge in [0, 0.05) is 33.8 Å². The van der Waals surface area contributed by atoms with Crippen LogP contribution in [0.5, 0.6) is 5.75 Å². The molecule has 0 spiro atoms. The lowest BCUT2D eigenvalue weighted by Gasteiger charge is -2.12. The first-order valence-corrected chi connectivity index (χ1v) is 12.3. The largest absolute Gasteiger partial charge is 0.506 e. The van der Waals surface area contributed by atoms with Crippen LogP contribution in [0.2, 0.25) is 0 Å². The number of nitrogens with one attached hydrogen (secondary N) is 1. The Hall–Kier alpha value is -4.90. The molecule has 0 saturated carbocycles. The number of aryl methyl sites for hydroxylation is 2. The van der Waals surface area contributed by atoms with Crippen LogP contribution < -0.4 is 0 Å². The van der Waals surface area contributed by atoms with Crippen molar-refractivity contribution in [2.24, 2.45) is 0 Å². The number of phenolic OH excluding ortho intramolecular Hbond substituents is 1. The van der Waals surface area contributed by atoms with Crippen molar-refractivity contribution in [3.63, 3.8) is 0 Å². The SMILES string of the molecule is Cc1cc(C)cc(-n2c(-c3cccc4cc[nH]c34)nc3c(-c4ccc5cccc(O)c5n4)cccc32)c1. The number of rotatable bonds is 3. The van der Waals surface area contributed by atoms with Crippen molar-refractivity contribution in [2.75, 3.05) is 0 Å². The molecule has 0 unspecified atom stereocenters. The van der Waals surface area contributed by atoms with Crippen LogP contribution in [0.4, 0.5) is 0 Å². The zero-order valence-electron chi connectivity index (χ0n) is 20.5. The average Bonchev–Trinajstić information content (AvgIpc) is 3.53. The van der Waals surface area contributed by atoms with Crippen molar-refractivity contribution in [1.82, 2.24) is 19.5 Å². The minimum atomic E-state index is 0.173. The summed E-state index contributed by atoms with van der Waals surface area (Å²) in [7, 11) is 0. The highest BCUT2D eigenvalue weighted by Crippen LogP contribution is 2.37. The smallest absolute Gasteiger partial charge is 0.147 e. The van der Waals surface area contributed by atoms with Crippen molar-refractivity contribution in [1.29, 1.82) is 0 Å². The number of aromatic amines is 1. The van der Waals surface area contributed by atoms with Crippen LogP contribution in [0.1, 0.15) is 11.1 Å². The van der Waals surface area contributed by atoms with Gasteiger partial charge in [-0.15, -0.1) is 0 Å². The van der Waals surface area contributed by atoms with Gasteiger partial charge in [0.1, 0.15) is 17.1 Å². The van der Waals surface area contributed by atoms with Crippen molar-refractivity contribution < 1.29 is 5.11 Å². The standard InChI is InChI=1S/C32H24N4O/c1-19-16-20(2)18-23(17-19)36-27-10-5-8-24(26-13-12-21-7-4-11-28(37)30(21)34-26)31(27)35-32(36)25-9-3-6-22-14-15-33-29(22)25/h3-18,33,37H,1-2H3. The topological polar surface area (TPSA) is 66.7 Å². The van der Waals surface area contributed by atoms with E-state index in [1.54, 1.807) is 6.07 Å². The van der Waals surface area contributed by atoms with Crippen molar-refractivity contribution >= 4 is 32.8 Å². The molecule has 37 heavy (non-hydrogen) atoms. The molecule has 4 aromatic carbocycles. The molecule has 2 N–H and O–H groups in total. The predicted molar refractivity (Wildman–Crippen MR) is 150 cm³/mol. The molecule has 0 aliphatic rings. The lowest BCUT2D eigenvalue weighted by Crippen LogP contribution is -1.99. The summed E-state index contributed by atoms with van der Waals surface area (Å²) in [6, 6.07) is 30.6. The van der Waals surface area contributed by atoms with Crippen LogP contribution in [0.25, 0.3) is 61.2 Å². The lowest BCUT2D eigenvalue weighted by molar-refractivity contribution is 0.480. The monoisotopic (exact) mass is 480 g/mol. The van der Waals surface area contributed by atoms with Gasteiger partial charge in [-0.1, -0.05) is 48.5 Å². The molecule has 0 bridgehead atoms. The molecule has 0 saturated heterocycles. The number of hydrogen-bond donors (Lipinski definition) is 2. The number of para-hydroxylation sites is 3. The van der Waals surface area contributed by atoms with E-state index in [2.05, 4.69) is 71.9 Å². The summed E-state index contributed by atoms with van der Waals surface area (Å²) in [5.41, 5.74) is 9.70. The van der Waals surface area contributed by atoms with Gasteiger partial charge >= 0.3 is 0 Å². The number of aromatic hydroxyl groups is 1. The number of benzene rings is 4. The summed E-state index contributed by atoms with van der Waals surface area (Å²) in [6.45, 7) is 4.25. The minimum absolute atomic E-state index is 0.173. The maximum absolute atomic E-state index is 10.4. The van der Waals surface area contributed by atoms with E-state index in [0.29, 0.717) is 5.52 Å². The first-order chi connectivity index (χ1) is 18.1. The van der Waals surface area contributed by atoms with Crippen molar-refractivity contribution in [3.05, 3.63) is 108 Å². The molecule has 0 amide bonds. The molecule has 5 nitrogen and oxygen atoms in total. The van der Waals surface area contributed by atoms with Gasteiger partial charge in [-0.2, -0.15) is 0 Å². The van der Waals surface area contributed by atoms with Gasteiger partial charge in [0.05, 0.1) is 22.2 Å². The van der Waals surface area contributed by atoms with Gasteiger partial charge in [0.2, 0.25) is 0 Å². The van der Waals surface area contributed by atoms with Crippen molar-refractivity contribution in [3.8, 4) is 34.1 Å². The fourth-order valence-corrected chi connectivity index (χ4v) is 5.38. The zero-order valence-corrected chi connectivity index (χ0v) is 20.5. The summed E-state index contributed by atoms with van der Waals surface area (Å²) < 4.78 is 2.24. The van der Waals surface area contributed by atoms with E-state index in [9.17, 15) is 5.11 Å². The molecular formula is C32H24N4O. The quantitative estimate of drug-likeness (QED) is 0.272. The second kappa shape index (κ2) is 8.07. The normalized spacial score (nSPS) is 11.6. The van der Waals surface area contributed by atoms with Crippen LogP contribution in [0.3, 0.4) is 0 Å². The zero-order chi connectivity index (χ0) is 25.1. The molecule has 178 valence electrons. The fourth-order valence-electron chi connectivity index (χ4n) is 5.38. The average molecular weight is 481 g/mol. The summed E-state index contributed by atoms with van der Waals surface area (Å²) in [6.07, 6.45) is 1.97. The van der Waals surface area contributed by atoms with Crippen LogP contribution in [0.15, 0.2) is 97.2 Å². The van der Waals surface area contributed by atoms with E-state index in [4.69, 9.17) is 9.97 Å². The van der Waals surface area contributed by atoms with Crippen LogP contribution in [-0.2, 0) is 0 Å². The molecule has 0 aliphatic heterocycles. The number of pyridine rings is 1. The third-order valence-corrected chi connectivity index (χ3v) is 6.95. The Kier molecular flexibility index (Phi) is 4.66. The maximum atomic E-state index is 10.4. The molecule has 5 heteroatoms. The Bertz CT molecular complexity index is 1960. The third-order valence-electron chi connectivity index (χ3n) is 6.95. The Morgan fingerprint density at radius 2 is 1.46 bits per heavy atom. The van der Waals surface area contributed by atoms with Gasteiger partial charge in [-0.05, 0) is 67.4 Å². The molecule has 3 aromatic heterocycles. The second-order valence-corrected chi connectivity index (χ2v) is 9.58. The molecular weight excluding hydrogens is 456 g/mol. The number of phenols is 1. The number of H-pyrrole nitrogens is 1. The number of imidazole rings is 1. The highest BCUT2D eigenvalue weighted by Gasteiger charge is 2.20. The Morgan fingerprint density at radius 3 is 2.32 bits per heavy atom. The third kappa shape index (κ3) is 3.39. The number of nitrogens with zero attached hydrogens (tertiary/aromatic N) is 3. The van der Waals surface area contributed by atoms with Gasteiger partial charge in [-0.25, -0.2) is 9.97 Å². The molecule has 0 aliphatic carbocycles. The molecule has 0 radical (unpaired) electrons. The first-order valence-electron chi connectivity index (χ1n) is 12.3. The Morgan fingerprint density at radius 1 is 0.703 bits per heavy atom. The van der Waals surface area contributed by atoms with Crippen LogP contribution in [0, 0.1) is 13.8 Å². The van der Waals surface area contributed by atoms with Gasteiger partial charge in [-0.3, -0.25) is 4.57 Å². The lowest BCUT2D eigenvalue weighted by atomic mass is 10.1. The fraction of sp³-hybridized carbons (Fsp3) is 0.0625. The summed E-state index contributed by atoms with van der Waals surface area (Å²) in [5.74, 6) is 1.04. The Balaban J connectivity index is 1.57. The van der Waals surface area contributed by atoms with Crippen molar-refractivity contribution in [2.45, 2.75) is 13.8 Å². The maximum Gasteiger partial charge on any atom is 0.147 e. The van der Waals surface area contributed by atoms with E-state index in [-0.39, 0.29) is 5.75 Å². The minimum Gasteiger partial charge on any atom is -0.506 e. The number of hydrogen-bond acceptors (Lipinski definition) is 3. The Labute approximate surface area is 213 Å². The number of fused-ring (bicyclic) bond motifs is 3. The van der Waals surface area contributed by atoms with E-state index in [1.165, 1.54) is 11.1 Å². The second-order valence-electron chi connectivity index (χ2n) is 9.58. The highest BCUT2D eigenvalue weighted by atomic mass is 16.3. The van der Waals surface area contributed by atoms with Crippen LogP contribution >= 0.6 is 0 Å². The van der Waals surface area contributed by atoms with E-state index in [0.717, 1.165) is 55.7 Å². The summed E-state index contributed by atoms with van der Waals surface area (Å²) in [4.78, 5) is 13.5. The number of aromatic nitrogens is 4. The molecule has 0 fully saturated rings. The van der Waals surface area contributed by atoms with Crippen LogP contribution in [-0.4, -0.2) is 24.6 Å². The predicted octanol–water partition coefficient (Wildman–Crippen LogP) is 7.71. The molecule has 7 aromatic rings. The molecule has 7 rings (SSSR count). The highest BCUT2D eigenvalue weighted by molar-refractivity contribution is 5.99. The molecule has 3 heterocycles. The van der Waals surface area contributed by atoms with Gasteiger partial charge < -0.3 is 10.1 Å². The molecule has 0 atom stereocenters.